The van der Waals surface area contributed by atoms with Crippen molar-refractivity contribution in [3.63, 3.8) is 0 Å². The van der Waals surface area contributed by atoms with Crippen LogP contribution in [0.5, 0.6) is 0 Å². The molecule has 0 N–H and O–H groups in total. The minimum absolute atomic E-state index is 0.0273. The first-order chi connectivity index (χ1) is 36.5. The number of phosphoric acid groups is 1. The van der Waals surface area contributed by atoms with Crippen molar-refractivity contribution in [2.24, 2.45) is 0 Å². The van der Waals surface area contributed by atoms with E-state index in [1.165, 1.54) is 238 Å². The first kappa shape index (κ1) is 73.2. The Hall–Kier alpha value is -1.77. The second-order valence-electron chi connectivity index (χ2n) is 23.1. The average Bonchev–Trinajstić information content (AvgIpc) is 3.37. The molecule has 0 aliphatic rings. The molecule has 0 aliphatic carbocycles. The Kier molecular flexibility index (Phi) is 55.6. The van der Waals surface area contributed by atoms with Gasteiger partial charge in [-0.2, -0.15) is 0 Å². The molecular formula is C65H124NO8P. The van der Waals surface area contributed by atoms with Crippen LogP contribution in [0, 0.1) is 0 Å². The van der Waals surface area contributed by atoms with Gasteiger partial charge in [0.15, 0.2) is 6.10 Å². The Bertz CT molecular complexity index is 1360. The number of quaternary nitrogens is 1. The van der Waals surface area contributed by atoms with Crippen molar-refractivity contribution in [2.75, 3.05) is 47.5 Å². The Morgan fingerprint density at radius 3 is 1.07 bits per heavy atom. The smallest absolute Gasteiger partial charge is 0.306 e. The lowest BCUT2D eigenvalue weighted by molar-refractivity contribution is -0.870. The highest BCUT2D eigenvalue weighted by atomic mass is 31.2. The molecule has 0 fully saturated rings. The van der Waals surface area contributed by atoms with Crippen molar-refractivity contribution < 1.29 is 42.1 Å². The predicted molar refractivity (Wildman–Crippen MR) is 319 cm³/mol. The average molecular weight is 1080 g/mol. The van der Waals surface area contributed by atoms with Crippen molar-refractivity contribution in [3.8, 4) is 0 Å². The van der Waals surface area contributed by atoms with E-state index in [0.29, 0.717) is 17.4 Å². The lowest BCUT2D eigenvalue weighted by Crippen LogP contribution is -2.37. The summed E-state index contributed by atoms with van der Waals surface area (Å²) in [5.41, 5.74) is 0. The number of nitrogens with zero attached hydrogens (tertiary/aromatic N) is 1. The maximum atomic E-state index is 12.8. The first-order valence-electron chi connectivity index (χ1n) is 32.2. The number of ether oxygens (including phenoxy) is 2. The Labute approximate surface area is 465 Å². The van der Waals surface area contributed by atoms with Gasteiger partial charge in [0.25, 0.3) is 7.82 Å². The van der Waals surface area contributed by atoms with Gasteiger partial charge in [-0.25, -0.2) is 0 Å². The molecule has 9 nitrogen and oxygen atoms in total. The normalized spacial score (nSPS) is 13.4. The van der Waals surface area contributed by atoms with E-state index in [1.54, 1.807) is 0 Å². The van der Waals surface area contributed by atoms with Crippen LogP contribution in [0.25, 0.3) is 0 Å². The van der Waals surface area contributed by atoms with Crippen LogP contribution < -0.4 is 4.89 Å². The van der Waals surface area contributed by atoms with Gasteiger partial charge in [-0.3, -0.25) is 14.2 Å². The molecule has 2 unspecified atom stereocenters. The van der Waals surface area contributed by atoms with E-state index in [0.717, 1.165) is 44.9 Å². The molecule has 0 saturated carbocycles. The summed E-state index contributed by atoms with van der Waals surface area (Å²) in [6, 6.07) is 0. The van der Waals surface area contributed by atoms with Crippen molar-refractivity contribution in [1.29, 1.82) is 0 Å². The van der Waals surface area contributed by atoms with E-state index < -0.39 is 26.5 Å². The summed E-state index contributed by atoms with van der Waals surface area (Å²) in [6.45, 7) is 4.25. The van der Waals surface area contributed by atoms with Gasteiger partial charge in [-0.1, -0.05) is 288 Å². The second kappa shape index (κ2) is 56.9. The van der Waals surface area contributed by atoms with Gasteiger partial charge in [0.2, 0.25) is 0 Å². The van der Waals surface area contributed by atoms with Crippen molar-refractivity contribution in [2.45, 2.75) is 322 Å². The summed E-state index contributed by atoms with van der Waals surface area (Å²) in [7, 11) is 1.18. The van der Waals surface area contributed by atoms with Crippen LogP contribution in [0.1, 0.15) is 316 Å². The van der Waals surface area contributed by atoms with Crippen molar-refractivity contribution >= 4 is 19.8 Å². The zero-order chi connectivity index (χ0) is 54.9. The largest absolute Gasteiger partial charge is 0.756 e. The fourth-order valence-electron chi connectivity index (χ4n) is 9.43. The maximum absolute atomic E-state index is 12.8. The van der Waals surface area contributed by atoms with E-state index in [4.69, 9.17) is 18.5 Å². The highest BCUT2D eigenvalue weighted by molar-refractivity contribution is 7.45. The molecule has 0 aromatic carbocycles. The summed E-state index contributed by atoms with van der Waals surface area (Å²) >= 11 is 0. The molecule has 10 heteroatoms. The third-order valence-electron chi connectivity index (χ3n) is 14.4. The summed E-state index contributed by atoms with van der Waals surface area (Å²) in [6.07, 6.45) is 71.1. The third kappa shape index (κ3) is 61.3. The van der Waals surface area contributed by atoms with Gasteiger partial charge >= 0.3 is 11.9 Å². The molecule has 0 radical (unpaired) electrons. The number of allylic oxidation sites excluding steroid dienone is 6. The van der Waals surface area contributed by atoms with Crippen molar-refractivity contribution in [1.82, 2.24) is 0 Å². The minimum atomic E-state index is -4.63. The molecule has 0 rings (SSSR count). The Balaban J connectivity index is 3.79. The van der Waals surface area contributed by atoms with Crippen LogP contribution in [0.2, 0.25) is 0 Å². The number of likely N-dealkylation sites (N-methyl/N-ethyl adjacent to an activating group) is 1. The number of carbonyl (C=O) groups excluding carboxylic acids is 2. The number of carbonyl (C=O) groups is 2. The number of esters is 2. The van der Waals surface area contributed by atoms with Gasteiger partial charge in [-0.15, -0.1) is 0 Å². The summed E-state index contributed by atoms with van der Waals surface area (Å²) in [4.78, 5) is 37.7. The fourth-order valence-corrected chi connectivity index (χ4v) is 10.2. The highest BCUT2D eigenvalue weighted by Crippen LogP contribution is 2.38. The minimum Gasteiger partial charge on any atom is -0.756 e. The molecule has 0 aromatic rings. The molecule has 0 bridgehead atoms. The molecule has 0 saturated heterocycles. The molecular weight excluding hydrogens is 954 g/mol. The molecule has 442 valence electrons. The summed E-state index contributed by atoms with van der Waals surface area (Å²) in [5.74, 6) is -0.819. The van der Waals surface area contributed by atoms with E-state index in [9.17, 15) is 19.0 Å². The number of hydrogen-bond acceptors (Lipinski definition) is 8. The van der Waals surface area contributed by atoms with Crippen LogP contribution in [-0.4, -0.2) is 70.0 Å². The van der Waals surface area contributed by atoms with Crippen LogP contribution in [-0.2, 0) is 32.7 Å². The van der Waals surface area contributed by atoms with Crippen LogP contribution in [0.15, 0.2) is 36.5 Å². The Morgan fingerprint density at radius 2 is 0.720 bits per heavy atom. The van der Waals surface area contributed by atoms with Gasteiger partial charge in [-0.05, 0) is 51.4 Å². The summed E-state index contributed by atoms with van der Waals surface area (Å²) < 4.78 is 34.1. The standard InChI is InChI=1S/C65H124NO8P/c1-6-8-10-12-14-16-18-19-20-21-22-23-24-25-26-27-28-29-30-31-32-33-34-35-36-37-38-39-40-41-42-43-44-45-46-47-48-50-52-54-56-58-65(68)74-63(62-73-75(69,70)72-60-59-66(3,4)5)61-71-64(67)57-55-53-51-49-17-15-13-11-9-7-2/h18-19,21-22,24-25,63H,6-17,20,23,26-62H2,1-5H3/b19-18-,22-21-,25-24-. The number of unbranched alkanes of at least 4 members (excludes halogenated alkanes) is 40. The highest BCUT2D eigenvalue weighted by Gasteiger charge is 2.22. The predicted octanol–water partition coefficient (Wildman–Crippen LogP) is 19.7. The summed E-state index contributed by atoms with van der Waals surface area (Å²) in [5, 5.41) is 0. The molecule has 0 heterocycles. The van der Waals surface area contributed by atoms with Crippen molar-refractivity contribution in [3.05, 3.63) is 36.5 Å². The molecule has 0 aliphatic heterocycles. The first-order valence-corrected chi connectivity index (χ1v) is 33.7. The molecule has 75 heavy (non-hydrogen) atoms. The SMILES string of the molecule is CCCCCCC/C=C\C/C=C\C/C=C\CCCCCCCCCCCCCCCCCCCCCCCCCCCCC(=O)OC(COC(=O)CCCCCCCCCCCC)COP(=O)([O-])OCC[N+](C)(C)C. The lowest BCUT2D eigenvalue weighted by Gasteiger charge is -2.28. The third-order valence-corrected chi connectivity index (χ3v) is 15.4. The van der Waals surface area contributed by atoms with Crippen LogP contribution in [0.3, 0.4) is 0 Å². The van der Waals surface area contributed by atoms with E-state index in [-0.39, 0.29) is 32.0 Å². The van der Waals surface area contributed by atoms with E-state index >= 15 is 0 Å². The second-order valence-corrected chi connectivity index (χ2v) is 24.5. The molecule has 2 atom stereocenters. The van der Waals surface area contributed by atoms with Gasteiger partial charge < -0.3 is 27.9 Å². The monoisotopic (exact) mass is 1080 g/mol. The van der Waals surface area contributed by atoms with E-state index in [2.05, 4.69) is 50.3 Å². The fraction of sp³-hybridized carbons (Fsp3) is 0.877. The molecule has 0 aromatic heterocycles. The van der Waals surface area contributed by atoms with Gasteiger partial charge in [0, 0.05) is 12.8 Å². The van der Waals surface area contributed by atoms with Gasteiger partial charge in [0.1, 0.15) is 19.8 Å². The lowest BCUT2D eigenvalue weighted by atomic mass is 10.0. The number of rotatable bonds is 60. The zero-order valence-electron chi connectivity index (χ0n) is 50.3. The quantitative estimate of drug-likeness (QED) is 0.0195. The maximum Gasteiger partial charge on any atom is 0.306 e. The topological polar surface area (TPSA) is 111 Å². The van der Waals surface area contributed by atoms with Crippen LogP contribution >= 0.6 is 7.82 Å². The van der Waals surface area contributed by atoms with E-state index in [1.807, 2.05) is 21.1 Å². The number of hydrogen-bond donors (Lipinski definition) is 0. The molecule has 0 spiro atoms. The van der Waals surface area contributed by atoms with Crippen LogP contribution in [0.4, 0.5) is 0 Å². The van der Waals surface area contributed by atoms with Gasteiger partial charge in [0.05, 0.1) is 27.7 Å². The number of phosphoric ester groups is 1. The zero-order valence-corrected chi connectivity index (χ0v) is 51.2. The Morgan fingerprint density at radius 1 is 0.413 bits per heavy atom. The molecule has 0 amide bonds.